The molecule has 2 rings (SSSR count). The van der Waals surface area contributed by atoms with Gasteiger partial charge in [-0.15, -0.1) is 0 Å². The van der Waals surface area contributed by atoms with Crippen LogP contribution in [-0.2, 0) is 17.8 Å². The first-order chi connectivity index (χ1) is 8.41. The molecule has 0 radical (unpaired) electrons. The van der Waals surface area contributed by atoms with Crippen LogP contribution in [-0.4, -0.2) is 30.6 Å². The lowest BCUT2D eigenvalue weighted by molar-refractivity contribution is -0.186. The highest BCUT2D eigenvalue weighted by atomic mass is 19.4. The number of nitrogens with zero attached hydrogens (tertiary/aromatic N) is 1. The molecule has 3 nitrogen and oxygen atoms in total. The van der Waals surface area contributed by atoms with Crippen LogP contribution in [0, 0.1) is 0 Å². The van der Waals surface area contributed by atoms with Gasteiger partial charge in [-0.25, -0.2) is 0 Å². The molecule has 98 valence electrons. The van der Waals surface area contributed by atoms with Crippen LogP contribution in [0.3, 0.4) is 0 Å². The number of carbonyl (C=O) groups excluding carboxylic acids is 1. The zero-order valence-electron chi connectivity index (χ0n) is 9.75. The van der Waals surface area contributed by atoms with Crippen LogP contribution in [0.15, 0.2) is 18.2 Å². The van der Waals surface area contributed by atoms with E-state index >= 15 is 0 Å². The Bertz CT molecular complexity index is 471. The molecule has 0 bridgehead atoms. The highest BCUT2D eigenvalue weighted by molar-refractivity contribution is 5.82. The molecule has 0 saturated heterocycles. The molecule has 1 aliphatic rings. The molecule has 0 saturated carbocycles. The summed E-state index contributed by atoms with van der Waals surface area (Å²) in [5.41, 5.74) is 1.67. The monoisotopic (exact) mass is 259 g/mol. The second-order valence-corrected chi connectivity index (χ2v) is 4.11. The number of amides is 1. The van der Waals surface area contributed by atoms with E-state index in [4.69, 9.17) is 4.74 Å². The maximum atomic E-state index is 12.3. The van der Waals surface area contributed by atoms with E-state index in [1.807, 2.05) is 6.07 Å². The molecule has 0 unspecified atom stereocenters. The summed E-state index contributed by atoms with van der Waals surface area (Å²) >= 11 is 0. The maximum absolute atomic E-state index is 12.3. The quantitative estimate of drug-likeness (QED) is 0.773. The third kappa shape index (κ3) is 2.42. The van der Waals surface area contributed by atoms with E-state index < -0.39 is 12.1 Å². The number of hydrogen-bond acceptors (Lipinski definition) is 2. The molecule has 18 heavy (non-hydrogen) atoms. The Morgan fingerprint density at radius 3 is 2.67 bits per heavy atom. The van der Waals surface area contributed by atoms with Gasteiger partial charge in [-0.2, -0.15) is 13.2 Å². The number of hydrogen-bond donors (Lipinski definition) is 0. The zero-order valence-corrected chi connectivity index (χ0v) is 9.75. The minimum Gasteiger partial charge on any atom is -0.497 e. The van der Waals surface area contributed by atoms with E-state index in [1.54, 1.807) is 12.1 Å². The summed E-state index contributed by atoms with van der Waals surface area (Å²) in [5.74, 6) is -1.20. The van der Waals surface area contributed by atoms with Gasteiger partial charge in [0.2, 0.25) is 0 Å². The Morgan fingerprint density at radius 2 is 2.06 bits per heavy atom. The fourth-order valence-corrected chi connectivity index (χ4v) is 2.01. The van der Waals surface area contributed by atoms with Crippen molar-refractivity contribution >= 4 is 5.91 Å². The van der Waals surface area contributed by atoms with Crippen molar-refractivity contribution in [2.75, 3.05) is 13.7 Å². The summed E-state index contributed by atoms with van der Waals surface area (Å²) in [6.45, 7) is 0.0720. The number of rotatable bonds is 1. The molecule has 0 aromatic heterocycles. The number of ether oxygens (including phenoxy) is 1. The molecule has 0 atom stereocenters. The van der Waals surface area contributed by atoms with Crippen molar-refractivity contribution in [3.8, 4) is 5.75 Å². The summed E-state index contributed by atoms with van der Waals surface area (Å²) in [4.78, 5) is 12.0. The Morgan fingerprint density at radius 1 is 1.33 bits per heavy atom. The Labute approximate surface area is 102 Å². The van der Waals surface area contributed by atoms with E-state index in [1.165, 1.54) is 7.11 Å². The van der Waals surface area contributed by atoms with Crippen molar-refractivity contribution in [3.05, 3.63) is 29.3 Å². The average molecular weight is 259 g/mol. The first-order valence-electron chi connectivity index (χ1n) is 5.43. The van der Waals surface area contributed by atoms with Crippen molar-refractivity contribution in [2.24, 2.45) is 0 Å². The molecule has 1 amide bonds. The van der Waals surface area contributed by atoms with Gasteiger partial charge in [0.15, 0.2) is 0 Å². The first-order valence-corrected chi connectivity index (χ1v) is 5.43. The van der Waals surface area contributed by atoms with E-state index in [0.29, 0.717) is 17.7 Å². The molecule has 0 aliphatic carbocycles. The minimum atomic E-state index is -4.81. The number of methoxy groups -OCH3 is 1. The summed E-state index contributed by atoms with van der Waals surface area (Å²) in [5, 5.41) is 0. The van der Waals surface area contributed by atoms with Crippen molar-refractivity contribution in [3.63, 3.8) is 0 Å². The van der Waals surface area contributed by atoms with Gasteiger partial charge in [-0.05, 0) is 29.7 Å². The Balaban J connectivity index is 2.21. The zero-order chi connectivity index (χ0) is 13.3. The maximum Gasteiger partial charge on any atom is 0.471 e. The number of halogens is 3. The summed E-state index contributed by atoms with van der Waals surface area (Å²) < 4.78 is 42.0. The highest BCUT2D eigenvalue weighted by Crippen LogP contribution is 2.27. The largest absolute Gasteiger partial charge is 0.497 e. The van der Waals surface area contributed by atoms with Crippen LogP contribution in [0.1, 0.15) is 11.1 Å². The van der Waals surface area contributed by atoms with E-state index in [2.05, 4.69) is 0 Å². The molecular weight excluding hydrogens is 247 g/mol. The fraction of sp³-hybridized carbons (Fsp3) is 0.417. The standard InChI is InChI=1S/C12H12F3NO2/c1-18-10-3-2-8-4-5-16(7-9(8)6-10)11(17)12(13,14)15/h2-3,6H,4-5,7H2,1H3. The van der Waals surface area contributed by atoms with Gasteiger partial charge in [-0.1, -0.05) is 6.07 Å². The molecule has 1 aromatic rings. The normalized spacial score (nSPS) is 15.2. The topological polar surface area (TPSA) is 29.5 Å². The van der Waals surface area contributed by atoms with Crippen molar-refractivity contribution in [2.45, 2.75) is 19.1 Å². The molecule has 1 heterocycles. The second-order valence-electron chi connectivity index (χ2n) is 4.11. The van der Waals surface area contributed by atoms with Crippen LogP contribution in [0.4, 0.5) is 13.2 Å². The molecular formula is C12H12F3NO2. The third-order valence-electron chi connectivity index (χ3n) is 2.96. The fourth-order valence-electron chi connectivity index (χ4n) is 2.01. The lowest BCUT2D eigenvalue weighted by atomic mass is 9.99. The Kier molecular flexibility index (Phi) is 3.19. The van der Waals surface area contributed by atoms with Gasteiger partial charge in [0.25, 0.3) is 0 Å². The van der Waals surface area contributed by atoms with Gasteiger partial charge < -0.3 is 9.64 Å². The van der Waals surface area contributed by atoms with Crippen molar-refractivity contribution in [1.29, 1.82) is 0 Å². The molecule has 1 aliphatic heterocycles. The van der Waals surface area contributed by atoms with Crippen molar-refractivity contribution < 1.29 is 22.7 Å². The summed E-state index contributed by atoms with van der Waals surface area (Å²) in [6.07, 6.45) is -4.38. The number of benzene rings is 1. The van der Waals surface area contributed by atoms with Gasteiger partial charge in [0.05, 0.1) is 7.11 Å². The predicted molar refractivity (Wildman–Crippen MR) is 58.2 cm³/mol. The number of alkyl halides is 3. The van der Waals surface area contributed by atoms with Crippen LogP contribution in [0.5, 0.6) is 5.75 Å². The molecule has 0 spiro atoms. The lowest BCUT2D eigenvalue weighted by Gasteiger charge is -2.29. The smallest absolute Gasteiger partial charge is 0.471 e. The highest BCUT2D eigenvalue weighted by Gasteiger charge is 2.43. The molecule has 0 N–H and O–H groups in total. The Hall–Kier alpha value is -1.72. The average Bonchev–Trinajstić information content (AvgIpc) is 2.35. The van der Waals surface area contributed by atoms with E-state index in [0.717, 1.165) is 10.5 Å². The number of fused-ring (bicyclic) bond motifs is 1. The first kappa shape index (κ1) is 12.7. The van der Waals surface area contributed by atoms with Crippen LogP contribution < -0.4 is 4.74 Å². The summed E-state index contributed by atoms with van der Waals surface area (Å²) in [7, 11) is 1.49. The van der Waals surface area contributed by atoms with Crippen LogP contribution >= 0.6 is 0 Å². The van der Waals surface area contributed by atoms with Crippen LogP contribution in [0.25, 0.3) is 0 Å². The van der Waals surface area contributed by atoms with Crippen LogP contribution in [0.2, 0.25) is 0 Å². The second kappa shape index (κ2) is 4.51. The lowest BCUT2D eigenvalue weighted by Crippen LogP contribution is -2.43. The summed E-state index contributed by atoms with van der Waals surface area (Å²) in [6, 6.07) is 5.26. The van der Waals surface area contributed by atoms with Crippen molar-refractivity contribution in [1.82, 2.24) is 4.90 Å². The third-order valence-corrected chi connectivity index (χ3v) is 2.96. The van der Waals surface area contributed by atoms with Gasteiger partial charge in [0, 0.05) is 13.1 Å². The van der Waals surface area contributed by atoms with Gasteiger partial charge >= 0.3 is 12.1 Å². The van der Waals surface area contributed by atoms with E-state index in [9.17, 15) is 18.0 Å². The molecule has 1 aromatic carbocycles. The van der Waals surface area contributed by atoms with Gasteiger partial charge in [0.1, 0.15) is 5.75 Å². The molecule has 6 heteroatoms. The molecule has 0 fully saturated rings. The minimum absolute atomic E-state index is 0.0229. The predicted octanol–water partition coefficient (Wildman–Crippen LogP) is 2.14. The number of carbonyl (C=O) groups is 1. The van der Waals surface area contributed by atoms with E-state index in [-0.39, 0.29) is 13.1 Å². The SMILES string of the molecule is COc1ccc2c(c1)CN(C(=O)C(F)(F)F)CC2. The van der Waals surface area contributed by atoms with Gasteiger partial charge in [-0.3, -0.25) is 4.79 Å².